The predicted molar refractivity (Wildman–Crippen MR) is 498 cm³/mol. The first-order valence-electron chi connectivity index (χ1n) is 45.2. The number of benzene rings is 5. The van der Waals surface area contributed by atoms with Crippen LogP contribution in [0.25, 0.3) is 56.5 Å². The highest BCUT2D eigenvalue weighted by atomic mass is 19.1. The van der Waals surface area contributed by atoms with E-state index in [0.29, 0.717) is 133 Å². The summed E-state index contributed by atoms with van der Waals surface area (Å²) in [4.78, 5) is 104. The van der Waals surface area contributed by atoms with Gasteiger partial charge in [0, 0.05) is 145 Å². The van der Waals surface area contributed by atoms with E-state index < -0.39 is 0 Å². The maximum absolute atomic E-state index is 13.2. The van der Waals surface area contributed by atoms with Gasteiger partial charge in [-0.25, -0.2) is 18.2 Å². The number of furan rings is 1. The number of ether oxygens (including phenoxy) is 2. The number of pyridine rings is 5. The summed E-state index contributed by atoms with van der Waals surface area (Å²) >= 11 is 0. The predicted octanol–water partition coefficient (Wildman–Crippen LogP) is 10.8. The molecule has 131 heavy (non-hydrogen) atoms. The number of ketones is 2. The van der Waals surface area contributed by atoms with Crippen LogP contribution in [0.3, 0.4) is 0 Å². The van der Waals surface area contributed by atoms with Crippen LogP contribution in [0.4, 0.5) is 41.6 Å². The Morgan fingerprint density at radius 1 is 0.328 bits per heavy atom. The molecular weight excluding hydrogens is 1660 g/mol. The molecule has 0 spiro atoms. The van der Waals surface area contributed by atoms with Crippen LogP contribution < -0.4 is 28.7 Å². The zero-order valence-electron chi connectivity index (χ0n) is 74.0. The summed E-state index contributed by atoms with van der Waals surface area (Å²) in [6, 6.07) is 61.6. The molecule has 6 atom stereocenters. The van der Waals surface area contributed by atoms with Crippen molar-refractivity contribution in [3.63, 3.8) is 0 Å². The molecule has 16 heterocycles. The van der Waals surface area contributed by atoms with E-state index in [9.17, 15) is 37.1 Å². The van der Waals surface area contributed by atoms with Gasteiger partial charge in [0.2, 0.25) is 17.7 Å². The Balaban J connectivity index is 0.000000115. The maximum Gasteiger partial charge on any atom is 0.228 e. The quantitative estimate of drug-likeness (QED) is 0.0446. The molecule has 680 valence electrons. The molecule has 10 saturated heterocycles. The number of hydrogen-bond acceptors (Lipinski definition) is 23. The molecule has 10 fully saturated rings. The zero-order chi connectivity index (χ0) is 90.9. The van der Waals surface area contributed by atoms with E-state index in [0.717, 1.165) is 166 Å². The molecule has 0 saturated carbocycles. The highest BCUT2D eigenvalue weighted by molar-refractivity contribution is 5.87. The molecule has 26 nitrogen and oxygen atoms in total. The largest absolute Gasteiger partial charge is 0.463 e. The summed E-state index contributed by atoms with van der Waals surface area (Å²) in [5, 5.41) is 0. The van der Waals surface area contributed by atoms with Crippen LogP contribution in [0.1, 0.15) is 34.0 Å². The Hall–Kier alpha value is -12.6. The van der Waals surface area contributed by atoms with Gasteiger partial charge in [-0.2, -0.15) is 0 Å². The van der Waals surface area contributed by atoms with Crippen LogP contribution in [0, 0.1) is 64.8 Å². The van der Waals surface area contributed by atoms with E-state index in [-0.39, 0.29) is 90.7 Å². The van der Waals surface area contributed by atoms with Crippen molar-refractivity contribution in [2.75, 3.05) is 174 Å². The smallest absolute Gasteiger partial charge is 0.228 e. The lowest BCUT2D eigenvalue weighted by Gasteiger charge is -2.38. The van der Waals surface area contributed by atoms with Crippen molar-refractivity contribution in [3.05, 3.63) is 264 Å². The van der Waals surface area contributed by atoms with E-state index in [2.05, 4.69) is 68.6 Å². The van der Waals surface area contributed by atoms with E-state index in [1.54, 1.807) is 85.1 Å². The summed E-state index contributed by atoms with van der Waals surface area (Å²) in [5.74, 6) is 4.07. The number of nitrogens with zero attached hydrogens (tertiary/aromatic N) is 13. The number of carbonyl (C=O) groups excluding carboxylic acids is 5. The topological polar surface area (TPSA) is 337 Å². The van der Waals surface area contributed by atoms with E-state index in [1.807, 2.05) is 101 Å². The van der Waals surface area contributed by atoms with Gasteiger partial charge in [0.25, 0.3) is 0 Å². The average molecular weight is 1780 g/mol. The number of fused-ring (bicyclic) bond motifs is 3. The number of nitrogen functional groups attached to an aromatic ring is 5. The minimum absolute atomic E-state index is 0.0622. The van der Waals surface area contributed by atoms with Crippen LogP contribution in [-0.2, 0) is 72.1 Å². The Labute approximate surface area is 761 Å². The van der Waals surface area contributed by atoms with Gasteiger partial charge < -0.3 is 67.1 Å². The van der Waals surface area contributed by atoms with Gasteiger partial charge in [-0.05, 0) is 201 Å². The van der Waals surface area contributed by atoms with Gasteiger partial charge in [0.05, 0.1) is 157 Å². The summed E-state index contributed by atoms with van der Waals surface area (Å²) in [6.45, 7) is 18.9. The number of anilines is 5. The summed E-state index contributed by atoms with van der Waals surface area (Å²) in [7, 11) is 4.13. The highest BCUT2D eigenvalue weighted by Gasteiger charge is 2.47. The Morgan fingerprint density at radius 3 is 0.962 bits per heavy atom. The summed E-state index contributed by atoms with van der Waals surface area (Å²) in [6.07, 6.45) is 2.79. The van der Waals surface area contributed by atoms with Gasteiger partial charge in [-0.1, -0.05) is 60.7 Å². The molecule has 6 aromatic heterocycles. The monoisotopic (exact) mass is 1770 g/mol. The van der Waals surface area contributed by atoms with Gasteiger partial charge in [-0.15, -0.1) is 0 Å². The first-order valence-corrected chi connectivity index (χ1v) is 45.2. The lowest BCUT2D eigenvalue weighted by Crippen LogP contribution is -2.50. The molecule has 21 rings (SSSR count). The molecule has 10 aliphatic heterocycles. The fraction of sp³-hybridized carbons (Fsp3) is 0.373. The highest BCUT2D eigenvalue weighted by Crippen LogP contribution is 2.38. The Bertz CT molecular complexity index is 5790. The summed E-state index contributed by atoms with van der Waals surface area (Å²) in [5.41, 5.74) is 44.4. The minimum Gasteiger partial charge on any atom is -0.463 e. The van der Waals surface area contributed by atoms with Crippen LogP contribution in [0.2, 0.25) is 0 Å². The number of carbonyl (C=O) groups is 5. The Kier molecular flexibility index (Phi) is 28.1. The number of hydrogen-bond donors (Lipinski definition) is 5. The molecule has 3 amide bonds. The molecule has 0 aliphatic carbocycles. The second-order valence-corrected chi connectivity index (χ2v) is 36.6. The molecule has 5 aromatic carbocycles. The zero-order valence-corrected chi connectivity index (χ0v) is 74.0. The normalized spacial score (nSPS) is 20.8. The summed E-state index contributed by atoms with van der Waals surface area (Å²) < 4.78 is 55.3. The van der Waals surface area contributed by atoms with Crippen molar-refractivity contribution in [2.45, 2.75) is 50.7 Å². The van der Waals surface area contributed by atoms with Crippen molar-refractivity contribution < 1.29 is 51.0 Å². The molecule has 29 heteroatoms. The van der Waals surface area contributed by atoms with Crippen LogP contribution in [0.15, 0.2) is 217 Å². The van der Waals surface area contributed by atoms with Gasteiger partial charge in [0.1, 0.15) is 34.7 Å². The maximum atomic E-state index is 13.2. The minimum atomic E-state index is -0.289. The number of amides is 3. The third-order valence-corrected chi connectivity index (χ3v) is 27.2. The standard InChI is InChI=1S/C22H25FN4O2.C22H26N4O2.C21H21N3O2.C20H23FN4O.C17H18FN3O/c23-17-3-1-14(2-4-17)20-6-5-19(24)21(25-20)7-22(28)27-10-15-8-26(9-16(15)11-27)18-12-29-13-18;23-19-6-7-20(15-4-2-1-3-5-15)24-21(19)8-22(27)26-11-16-9-25(10-17(16)12-26)18-13-28-14-18;22-17-8-9-18(21-7-4-10-26-21)23-19(17)11-20(25)16-13-24(14-16)12-15-5-2-1-3-6-15;1-24-9-14-11-25(12-15(14)10-24)20(26)8-19-17(22)6-7-18(23-19)13-2-4-16(21)5-3-13;1-21-9-12(10-21)17(22)8-16-14(19)6-7-15(20-16)11-2-4-13(18)5-3-11/h1-6,15-16,18H,7-13,24H2;1-7,16-18H,8-14,23H2;1-10,16H,11-14,22H2;2-7,14-15H,8-12,22H2,1H3;2-7,12H,8-10,19H2,1H3. The van der Waals surface area contributed by atoms with E-state index in [4.69, 9.17) is 42.6 Å². The van der Waals surface area contributed by atoms with Gasteiger partial charge in [0.15, 0.2) is 5.76 Å². The number of rotatable bonds is 21. The number of Topliss-reactive ketones (excluding diaryl/α,β-unsaturated/α-hetero) is 2. The molecule has 10 aliphatic rings. The number of nitrogens with two attached hydrogens (primary N) is 5. The van der Waals surface area contributed by atoms with Crippen molar-refractivity contribution in [2.24, 2.45) is 47.3 Å². The SMILES string of the molecule is CN1CC(C(=O)Cc2nc(-c3ccc(F)cc3)ccc2N)C1.CN1CC2CN(C(=O)Cc3nc(-c4ccc(F)cc4)ccc3N)CC2C1.Nc1ccc(-c2ccc(F)cc2)nc1CC(=O)N1CC2CN(C3COC3)CC2C1.Nc1ccc(-c2ccccc2)nc1CC(=O)N1CC2CN(C3COC3)CC2C1.Nc1ccc(-c2ccco2)nc1CC(=O)C1CN(Cc2ccccc2)C1. The Morgan fingerprint density at radius 2 is 0.634 bits per heavy atom. The lowest BCUT2D eigenvalue weighted by atomic mass is 9.91. The second kappa shape index (κ2) is 40.8. The molecule has 10 N–H and O–H groups in total. The molecular formula is C102H113F3N18O8. The second-order valence-electron chi connectivity index (χ2n) is 36.6. The lowest BCUT2D eigenvalue weighted by molar-refractivity contribution is -0.130. The fourth-order valence-corrected chi connectivity index (χ4v) is 19.3. The molecule has 0 radical (unpaired) electrons. The van der Waals surface area contributed by atoms with Crippen LogP contribution in [-0.4, -0.2) is 251 Å². The number of aromatic nitrogens is 5. The van der Waals surface area contributed by atoms with Crippen molar-refractivity contribution in [1.29, 1.82) is 0 Å². The molecule has 11 aromatic rings. The van der Waals surface area contributed by atoms with Crippen molar-refractivity contribution in [1.82, 2.24) is 64.1 Å². The fourth-order valence-electron chi connectivity index (χ4n) is 19.3. The average Bonchev–Trinajstić information content (AvgIpc) is 1.64. The third kappa shape index (κ3) is 22.2. The van der Waals surface area contributed by atoms with E-state index >= 15 is 0 Å². The first kappa shape index (κ1) is 90.3. The van der Waals surface area contributed by atoms with Gasteiger partial charge >= 0.3 is 0 Å². The van der Waals surface area contributed by atoms with Crippen LogP contribution in [0.5, 0.6) is 0 Å². The number of likely N-dealkylation sites (tertiary alicyclic amines) is 8. The third-order valence-electron chi connectivity index (χ3n) is 27.2. The number of halogens is 3. The van der Waals surface area contributed by atoms with E-state index in [1.165, 1.54) is 42.0 Å². The first-order chi connectivity index (χ1) is 63.4. The van der Waals surface area contributed by atoms with Gasteiger partial charge in [-0.3, -0.25) is 58.6 Å². The van der Waals surface area contributed by atoms with Crippen LogP contribution >= 0.6 is 0 Å². The molecule has 6 unspecified atom stereocenters. The van der Waals surface area contributed by atoms with Crippen molar-refractivity contribution in [3.8, 4) is 56.5 Å². The van der Waals surface area contributed by atoms with Crippen molar-refractivity contribution >= 4 is 57.7 Å². The molecule has 0 bridgehead atoms.